The van der Waals surface area contributed by atoms with Crippen LogP contribution in [0.3, 0.4) is 0 Å². The van der Waals surface area contributed by atoms with Gasteiger partial charge in [0, 0.05) is 0 Å². The van der Waals surface area contributed by atoms with Crippen LogP contribution in [0, 0.1) is 0 Å². The molecule has 0 unspecified atom stereocenters. The Morgan fingerprint density at radius 1 is 0.312 bits per heavy atom. The maximum absolute atomic E-state index is 2.30. The van der Waals surface area contributed by atoms with Gasteiger partial charge in [0.05, 0.1) is 10.9 Å². The van der Waals surface area contributed by atoms with E-state index in [2.05, 4.69) is 227 Å². The fourth-order valence-electron chi connectivity index (χ4n) is 6.73. The highest BCUT2D eigenvalue weighted by atomic mass is 32.2. The molecular formula is C46H43BS. The first-order chi connectivity index (χ1) is 23.5. The summed E-state index contributed by atoms with van der Waals surface area (Å²) in [6.45, 7) is 6.78. The zero-order valence-electron chi connectivity index (χ0n) is 28.1. The largest absolute Gasteiger partial charge is 0.195 e. The molecule has 0 saturated heterocycles. The average Bonchev–Trinajstić information content (AvgIpc) is 3.15. The Kier molecular flexibility index (Phi) is 10.4. The Labute approximate surface area is 290 Å². The second-order valence-corrected chi connectivity index (χ2v) is 15.2. The molecule has 0 nitrogen and oxygen atoms in total. The zero-order valence-corrected chi connectivity index (χ0v) is 28.9. The second-order valence-electron chi connectivity index (χ2n) is 13.2. The minimum Gasteiger partial charge on any atom is -0.195 e. The highest BCUT2D eigenvalue weighted by molar-refractivity contribution is 7.97. The Bertz CT molecular complexity index is 1750. The summed E-state index contributed by atoms with van der Waals surface area (Å²) in [5.41, 5.74) is 6.93. The van der Waals surface area contributed by atoms with E-state index in [-0.39, 0.29) is 16.3 Å². The summed E-state index contributed by atoms with van der Waals surface area (Å²) in [4.78, 5) is 4.10. The van der Waals surface area contributed by atoms with Crippen LogP contribution < -0.4 is 21.9 Å². The molecule has 0 fully saturated rings. The molecule has 0 aromatic heterocycles. The molecule has 0 spiro atoms. The number of benzene rings is 7. The van der Waals surface area contributed by atoms with Gasteiger partial charge in [0.15, 0.2) is 14.7 Å². The highest BCUT2D eigenvalue weighted by Gasteiger charge is 2.31. The quantitative estimate of drug-likeness (QED) is 0.121. The molecule has 0 N–H and O–H groups in total. The van der Waals surface area contributed by atoms with E-state index in [1.54, 1.807) is 0 Å². The van der Waals surface area contributed by atoms with Gasteiger partial charge in [-0.15, -0.1) is 0 Å². The maximum atomic E-state index is 2.30. The number of hydrogen-bond donors (Lipinski definition) is 0. The van der Waals surface area contributed by atoms with Crippen LogP contribution in [-0.4, -0.2) is 6.15 Å². The van der Waals surface area contributed by atoms with Crippen molar-refractivity contribution >= 4 is 38.9 Å². The molecular weight excluding hydrogens is 595 g/mol. The second kappa shape index (κ2) is 15.2. The molecule has 48 heavy (non-hydrogen) atoms. The van der Waals surface area contributed by atoms with Gasteiger partial charge in [-0.2, -0.15) is 21.9 Å². The number of rotatable bonds is 7. The summed E-state index contributed by atoms with van der Waals surface area (Å²) in [5, 5.41) is 0. The van der Waals surface area contributed by atoms with Gasteiger partial charge in [0.25, 0.3) is 0 Å². The van der Waals surface area contributed by atoms with Crippen LogP contribution in [0.15, 0.2) is 221 Å². The van der Waals surface area contributed by atoms with Gasteiger partial charge < -0.3 is 0 Å². The summed E-state index contributed by atoms with van der Waals surface area (Å²) in [6.07, 6.45) is -1.22. The van der Waals surface area contributed by atoms with Crippen molar-refractivity contribution in [3.8, 4) is 0 Å². The highest BCUT2D eigenvalue weighted by Crippen LogP contribution is 2.32. The van der Waals surface area contributed by atoms with Crippen molar-refractivity contribution in [1.82, 2.24) is 0 Å². The van der Waals surface area contributed by atoms with Crippen molar-refractivity contribution in [2.75, 3.05) is 0 Å². The normalized spacial score (nSPS) is 11.4. The molecule has 236 valence electrons. The fourth-order valence-corrected chi connectivity index (χ4v) is 8.82. The van der Waals surface area contributed by atoms with Gasteiger partial charge >= 0.3 is 0 Å². The van der Waals surface area contributed by atoms with Crippen LogP contribution >= 0.6 is 0 Å². The van der Waals surface area contributed by atoms with Crippen molar-refractivity contribution in [3.05, 3.63) is 212 Å². The molecule has 0 amide bonds. The Balaban J connectivity index is 0.000000168. The van der Waals surface area contributed by atoms with E-state index < -0.39 is 6.15 Å². The van der Waals surface area contributed by atoms with Crippen molar-refractivity contribution in [3.63, 3.8) is 0 Å². The lowest BCUT2D eigenvalue weighted by atomic mass is 9.13. The van der Waals surface area contributed by atoms with E-state index in [1.165, 1.54) is 42.1 Å². The Morgan fingerprint density at radius 3 is 0.833 bits per heavy atom. The lowest BCUT2D eigenvalue weighted by Gasteiger charge is -2.44. The van der Waals surface area contributed by atoms with Crippen LogP contribution in [0.2, 0.25) is 0 Å². The van der Waals surface area contributed by atoms with Crippen LogP contribution in [-0.2, 0) is 16.3 Å². The van der Waals surface area contributed by atoms with Gasteiger partial charge in [-0.3, -0.25) is 0 Å². The summed E-state index contributed by atoms with van der Waals surface area (Å²) < 4.78 is 0. The molecule has 0 saturated carbocycles. The first-order valence-electron chi connectivity index (χ1n) is 16.8. The van der Waals surface area contributed by atoms with Gasteiger partial charge in [0.2, 0.25) is 0 Å². The topological polar surface area (TPSA) is 0 Å². The third-order valence-electron chi connectivity index (χ3n) is 9.11. The molecule has 0 bridgehead atoms. The third kappa shape index (κ3) is 7.25. The van der Waals surface area contributed by atoms with E-state index >= 15 is 0 Å². The first-order valence-corrected chi connectivity index (χ1v) is 18.0. The fraction of sp³-hybridized carbons (Fsp3) is 0.0870. The lowest BCUT2D eigenvalue weighted by molar-refractivity contribution is 0.589. The van der Waals surface area contributed by atoms with Gasteiger partial charge in [-0.05, 0) is 47.4 Å². The van der Waals surface area contributed by atoms with E-state index in [4.69, 9.17) is 0 Å². The average molecular weight is 639 g/mol. The van der Waals surface area contributed by atoms with Gasteiger partial charge in [-0.25, -0.2) is 0 Å². The van der Waals surface area contributed by atoms with Gasteiger partial charge in [-0.1, -0.05) is 191 Å². The van der Waals surface area contributed by atoms with Crippen LogP contribution in [0.4, 0.5) is 0 Å². The molecule has 0 heterocycles. The van der Waals surface area contributed by atoms with Crippen molar-refractivity contribution < 1.29 is 0 Å². The van der Waals surface area contributed by atoms with Crippen molar-refractivity contribution in [2.45, 2.75) is 40.9 Å². The molecule has 7 aromatic carbocycles. The molecule has 0 atom stereocenters. The lowest BCUT2D eigenvalue weighted by Crippen LogP contribution is -2.74. The molecule has 0 aliphatic heterocycles. The van der Waals surface area contributed by atoms with Crippen molar-refractivity contribution in [1.29, 1.82) is 0 Å². The zero-order chi connectivity index (χ0) is 33.2. The van der Waals surface area contributed by atoms with Crippen molar-refractivity contribution in [2.24, 2.45) is 0 Å². The molecule has 7 rings (SSSR count). The van der Waals surface area contributed by atoms with Crippen LogP contribution in [0.5, 0.6) is 0 Å². The molecule has 0 aliphatic rings. The SMILES string of the molecule is CC(C)(C)c1ccc([S+](c2ccccc2)c2ccccc2)cc1.c1ccc([B-](c2ccccc2)(c2ccccc2)c2ccccc2)cc1. The van der Waals surface area contributed by atoms with Gasteiger partial charge in [0.1, 0.15) is 6.15 Å². The third-order valence-corrected chi connectivity index (χ3v) is 11.3. The molecule has 2 heteroatoms. The Morgan fingerprint density at radius 2 is 0.562 bits per heavy atom. The summed E-state index contributed by atoms with van der Waals surface area (Å²) in [7, 11) is -0.0497. The standard InChI is InChI=1S/C24H20B.C22H23S/c1-5-13-21(14-6-1)25(22-15-7-2-8-16-22,23-17-9-3-10-18-23)24-19-11-4-12-20-24;1-22(2,3)18-14-16-21(17-15-18)23(19-10-6-4-7-11-19)20-12-8-5-9-13-20/h1-20H;4-17H,1-3H3/q-1;+1. The minimum absolute atomic E-state index is 0.0497. The predicted molar refractivity (Wildman–Crippen MR) is 210 cm³/mol. The van der Waals surface area contributed by atoms with E-state index in [1.807, 2.05) is 0 Å². The van der Waals surface area contributed by atoms with E-state index in [0.717, 1.165) is 0 Å². The van der Waals surface area contributed by atoms with Crippen LogP contribution in [0.1, 0.15) is 26.3 Å². The summed E-state index contributed by atoms with van der Waals surface area (Å²) in [6, 6.07) is 74.3. The summed E-state index contributed by atoms with van der Waals surface area (Å²) in [5.74, 6) is 0. The van der Waals surface area contributed by atoms with E-state index in [0.29, 0.717) is 0 Å². The Hall–Kier alpha value is -5.05. The van der Waals surface area contributed by atoms with E-state index in [9.17, 15) is 0 Å². The predicted octanol–water partition coefficient (Wildman–Crippen LogP) is 9.14. The van der Waals surface area contributed by atoms with Crippen LogP contribution in [0.25, 0.3) is 0 Å². The number of hydrogen-bond acceptors (Lipinski definition) is 0. The molecule has 7 aromatic rings. The first kappa shape index (κ1) is 32.9. The maximum Gasteiger partial charge on any atom is 0.166 e. The molecule has 0 aliphatic carbocycles. The molecule has 0 radical (unpaired) electrons. The monoisotopic (exact) mass is 638 g/mol. The minimum atomic E-state index is -1.22. The summed E-state index contributed by atoms with van der Waals surface area (Å²) >= 11 is 0. The smallest absolute Gasteiger partial charge is 0.166 e.